The van der Waals surface area contributed by atoms with Gasteiger partial charge in [-0.2, -0.15) is 0 Å². The van der Waals surface area contributed by atoms with E-state index in [1.54, 1.807) is 0 Å². The van der Waals surface area contributed by atoms with Gasteiger partial charge < -0.3 is 20.9 Å². The zero-order valence-electron chi connectivity index (χ0n) is 20.4. The number of nitrogens with one attached hydrogen (secondary N) is 1. The summed E-state index contributed by atoms with van der Waals surface area (Å²) in [5, 5.41) is 7.73. The molecule has 1 aromatic rings. The van der Waals surface area contributed by atoms with E-state index in [0.29, 0.717) is 32.1 Å². The molecule has 0 fully saturated rings. The highest BCUT2D eigenvalue weighted by Crippen LogP contribution is 2.44. The number of nitrogens with two attached hydrogens (primary N) is 1. The van der Waals surface area contributed by atoms with Crippen LogP contribution in [0.2, 0.25) is 0 Å². The van der Waals surface area contributed by atoms with Crippen molar-refractivity contribution < 1.29 is 4.79 Å². The van der Waals surface area contributed by atoms with E-state index in [4.69, 9.17) is 16.1 Å². The maximum atomic E-state index is 14.3. The van der Waals surface area contributed by atoms with Gasteiger partial charge in [-0.25, -0.2) is 0 Å². The molecule has 5 rings (SSSR count). The molecule has 0 radical (unpaired) electrons. The van der Waals surface area contributed by atoms with Gasteiger partial charge in [-0.15, -0.1) is 0 Å². The van der Waals surface area contributed by atoms with Gasteiger partial charge in [0.1, 0.15) is 0 Å². The van der Waals surface area contributed by atoms with Gasteiger partial charge >= 0.3 is 0 Å². The topological polar surface area (TPSA) is 85.8 Å². The maximum absolute atomic E-state index is 14.3. The fourth-order valence-electron chi connectivity index (χ4n) is 6.29. The van der Waals surface area contributed by atoms with Crippen molar-refractivity contribution in [3.05, 3.63) is 54.1 Å². The van der Waals surface area contributed by atoms with Crippen LogP contribution in [0.1, 0.15) is 38.7 Å². The van der Waals surface area contributed by atoms with Crippen LogP contribution in [0.5, 0.6) is 0 Å². The molecule has 1 amide bonds. The van der Waals surface area contributed by atoms with E-state index in [1.165, 1.54) is 6.21 Å². The fourth-order valence-corrected chi connectivity index (χ4v) is 6.29. The zero-order valence-corrected chi connectivity index (χ0v) is 20.4. The predicted octanol–water partition coefficient (Wildman–Crippen LogP) is 3.82. The van der Waals surface area contributed by atoms with Gasteiger partial charge in [0.05, 0.1) is 17.5 Å². The number of rotatable bonds is 4. The number of para-hydroxylation sites is 1. The third-order valence-corrected chi connectivity index (χ3v) is 8.02. The summed E-state index contributed by atoms with van der Waals surface area (Å²) in [6.45, 7) is 6.68. The van der Waals surface area contributed by atoms with Crippen LogP contribution < -0.4 is 10.6 Å². The molecule has 34 heavy (non-hydrogen) atoms. The minimum absolute atomic E-state index is 0.0186. The van der Waals surface area contributed by atoms with Crippen LogP contribution in [0.4, 0.5) is 5.69 Å². The van der Waals surface area contributed by atoms with Crippen LogP contribution in [0.15, 0.2) is 53.6 Å². The van der Waals surface area contributed by atoms with E-state index in [9.17, 15) is 4.79 Å². The highest BCUT2D eigenvalue weighted by Gasteiger charge is 2.47. The lowest BCUT2D eigenvalue weighted by Gasteiger charge is -2.44. The number of nitrogens with zero attached hydrogens (tertiary/aromatic N) is 3. The Balaban J connectivity index is 1.45. The molecule has 6 nitrogen and oxygen atoms in total. The molecule has 5 unspecified atom stereocenters. The average molecular weight is 460 g/mol. The smallest absolute Gasteiger partial charge is 0.227 e. The molecule has 0 saturated carbocycles. The van der Waals surface area contributed by atoms with E-state index in [2.05, 4.69) is 53.2 Å². The molecule has 2 heterocycles. The highest BCUT2D eigenvalue weighted by atomic mass is 16.2. The Morgan fingerprint density at radius 3 is 2.94 bits per heavy atom. The van der Waals surface area contributed by atoms with Gasteiger partial charge in [0, 0.05) is 49.7 Å². The molecule has 1 aromatic carbocycles. The third kappa shape index (κ3) is 4.36. The summed E-state index contributed by atoms with van der Waals surface area (Å²) in [4.78, 5) is 23.7. The Morgan fingerprint density at radius 2 is 2.12 bits per heavy atom. The molecule has 2 aliphatic carbocycles. The monoisotopic (exact) mass is 459 g/mol. The lowest BCUT2D eigenvalue weighted by molar-refractivity contribution is -0.140. The summed E-state index contributed by atoms with van der Waals surface area (Å²) in [5.74, 6) is 1.24. The molecular weight excluding hydrogens is 422 g/mol. The van der Waals surface area contributed by atoms with Crippen molar-refractivity contribution in [1.82, 2.24) is 4.90 Å². The van der Waals surface area contributed by atoms with Crippen molar-refractivity contribution in [2.45, 2.75) is 51.2 Å². The average Bonchev–Trinajstić information content (AvgIpc) is 3.01. The van der Waals surface area contributed by atoms with Gasteiger partial charge in [0.25, 0.3) is 0 Å². The molecule has 2 aliphatic heterocycles. The summed E-state index contributed by atoms with van der Waals surface area (Å²) < 4.78 is 0. The minimum atomic E-state index is -0.715. The summed E-state index contributed by atoms with van der Waals surface area (Å²) in [7, 11) is 0. The quantitative estimate of drug-likeness (QED) is 0.530. The molecule has 0 saturated heterocycles. The zero-order chi connectivity index (χ0) is 23.9. The summed E-state index contributed by atoms with van der Waals surface area (Å²) in [5.41, 5.74) is 9.01. The fraction of sp³-hybridized carbons (Fsp3) is 0.536. The van der Waals surface area contributed by atoms with Crippen molar-refractivity contribution in [2.75, 3.05) is 24.5 Å². The van der Waals surface area contributed by atoms with Crippen LogP contribution in [0.3, 0.4) is 0 Å². The summed E-state index contributed by atoms with van der Waals surface area (Å²) in [6.07, 6.45) is 13.3. The van der Waals surface area contributed by atoms with Crippen LogP contribution >= 0.6 is 0 Å². The predicted molar refractivity (Wildman–Crippen MR) is 138 cm³/mol. The van der Waals surface area contributed by atoms with Crippen LogP contribution in [0, 0.1) is 29.1 Å². The normalized spacial score (nSPS) is 32.0. The Kier molecular flexibility index (Phi) is 6.19. The van der Waals surface area contributed by atoms with Gasteiger partial charge in [-0.3, -0.25) is 9.79 Å². The van der Waals surface area contributed by atoms with Gasteiger partial charge in [0.15, 0.2) is 0 Å². The highest BCUT2D eigenvalue weighted by molar-refractivity contribution is 6.01. The first-order chi connectivity index (χ1) is 16.4. The van der Waals surface area contributed by atoms with Crippen molar-refractivity contribution in [2.24, 2.45) is 34.4 Å². The van der Waals surface area contributed by atoms with Crippen LogP contribution in [-0.2, 0) is 11.3 Å². The second-order valence-corrected chi connectivity index (χ2v) is 10.9. The molecule has 0 spiro atoms. The summed E-state index contributed by atoms with van der Waals surface area (Å²) in [6, 6.07) is 8.44. The minimum Gasteiger partial charge on any atom is -0.367 e. The van der Waals surface area contributed by atoms with E-state index in [-0.39, 0.29) is 29.7 Å². The van der Waals surface area contributed by atoms with Crippen molar-refractivity contribution in [3.8, 4) is 0 Å². The van der Waals surface area contributed by atoms with Crippen molar-refractivity contribution in [1.29, 1.82) is 5.41 Å². The van der Waals surface area contributed by atoms with Gasteiger partial charge in [-0.1, -0.05) is 43.4 Å². The third-order valence-electron chi connectivity index (χ3n) is 8.02. The maximum Gasteiger partial charge on any atom is 0.227 e. The van der Waals surface area contributed by atoms with E-state index in [1.807, 2.05) is 19.1 Å². The number of hydrogen-bond donors (Lipinski definition) is 2. The number of benzene rings is 1. The second kappa shape index (κ2) is 9.14. The molecule has 4 aliphatic rings. The number of anilines is 1. The molecule has 180 valence electrons. The SMILES string of the molecule is CC1C=CC2N=C3C=CCCC3C(C(=O)N3CCN(C[C@@](C)(N)C=N)c4ccccc4C3)C2C1. The number of hydrogen-bond acceptors (Lipinski definition) is 5. The Labute approximate surface area is 203 Å². The summed E-state index contributed by atoms with van der Waals surface area (Å²) >= 11 is 0. The van der Waals surface area contributed by atoms with E-state index in [0.717, 1.165) is 36.2 Å². The number of amides is 1. The largest absolute Gasteiger partial charge is 0.367 e. The molecule has 0 bridgehead atoms. The van der Waals surface area contributed by atoms with Crippen LogP contribution in [0.25, 0.3) is 0 Å². The van der Waals surface area contributed by atoms with Gasteiger partial charge in [0.2, 0.25) is 5.91 Å². The van der Waals surface area contributed by atoms with E-state index < -0.39 is 5.54 Å². The lowest BCUT2D eigenvalue weighted by Crippen LogP contribution is -2.52. The molecule has 0 aromatic heterocycles. The first-order valence-electron chi connectivity index (χ1n) is 12.7. The second-order valence-electron chi connectivity index (χ2n) is 10.9. The van der Waals surface area contributed by atoms with E-state index >= 15 is 0 Å². The molecule has 6 heteroatoms. The Morgan fingerprint density at radius 1 is 1.29 bits per heavy atom. The number of carbonyl (C=O) groups excluding carboxylic acids is 1. The number of fused-ring (bicyclic) bond motifs is 3. The molecule has 3 N–H and O–H groups in total. The first kappa shape index (κ1) is 23.0. The standard InChI is InChI=1S/C28H37N5O/c1-19-11-12-24-22(15-19)26(21-8-4-5-9-23(21)31-24)27(34)32-13-14-33(18-28(2,30)17-29)25-10-6-3-7-20(25)16-32/h3,5-7,9-12,17,19,21-22,24,26,29H,4,8,13-16,18,30H2,1-2H3/t19?,21?,22?,24?,26?,28-/m0/s1. The van der Waals surface area contributed by atoms with Gasteiger partial charge in [-0.05, 0) is 55.7 Å². The molecule has 6 atom stereocenters. The van der Waals surface area contributed by atoms with Crippen LogP contribution in [-0.4, -0.2) is 53.9 Å². The van der Waals surface area contributed by atoms with Crippen molar-refractivity contribution in [3.63, 3.8) is 0 Å². The Bertz CT molecular complexity index is 1040. The molecular formula is C28H37N5O. The Hall–Kier alpha value is -2.73. The number of allylic oxidation sites excluding steroid dienone is 3. The number of aliphatic imine (C=N–C) groups is 1. The number of carbonyl (C=O) groups is 1. The first-order valence-corrected chi connectivity index (χ1v) is 12.7. The van der Waals surface area contributed by atoms with Crippen molar-refractivity contribution >= 4 is 23.5 Å². The lowest BCUT2D eigenvalue weighted by atomic mass is 9.65.